The van der Waals surface area contributed by atoms with Crippen LogP contribution in [0.4, 0.5) is 14.5 Å². The number of aromatic nitrogens is 2. The van der Waals surface area contributed by atoms with E-state index in [4.69, 9.17) is 5.26 Å². The third kappa shape index (κ3) is 5.51. The molecule has 2 amide bonds. The number of likely N-dealkylation sites (tertiary alicyclic amines) is 1. The molecule has 0 bridgehead atoms. The summed E-state index contributed by atoms with van der Waals surface area (Å²) < 4.78 is 55.0. The van der Waals surface area contributed by atoms with E-state index in [0.717, 1.165) is 10.5 Å². The Labute approximate surface area is 194 Å². The van der Waals surface area contributed by atoms with E-state index in [1.807, 2.05) is 0 Å². The summed E-state index contributed by atoms with van der Waals surface area (Å²) in [5, 5.41) is 15.1. The van der Waals surface area contributed by atoms with Crippen LogP contribution in [0.3, 0.4) is 0 Å². The van der Waals surface area contributed by atoms with Crippen molar-refractivity contribution in [2.45, 2.75) is 43.0 Å². The number of anilines is 1. The molecule has 13 heteroatoms. The minimum Gasteiger partial charge on any atom is -0.343 e. The lowest BCUT2D eigenvalue weighted by Gasteiger charge is -2.19. The van der Waals surface area contributed by atoms with E-state index in [1.54, 1.807) is 30.3 Å². The van der Waals surface area contributed by atoms with Gasteiger partial charge in [0.05, 0.1) is 42.7 Å². The second-order valence-electron chi connectivity index (χ2n) is 8.38. The van der Waals surface area contributed by atoms with Crippen molar-refractivity contribution in [1.82, 2.24) is 20.0 Å². The number of nitriles is 1. The molecule has 180 valence electrons. The molecule has 10 nitrogen and oxygen atoms in total. The fraction of sp³-hybridized carbons (Fsp3) is 0.429. The molecule has 1 saturated heterocycles. The molecule has 4 rings (SSSR count). The van der Waals surface area contributed by atoms with E-state index in [-0.39, 0.29) is 10.8 Å². The maximum Gasteiger partial charge on any atom is 0.268 e. The van der Waals surface area contributed by atoms with Crippen LogP contribution in [0, 0.1) is 11.3 Å². The summed E-state index contributed by atoms with van der Waals surface area (Å²) in [6.07, 6.45) is 3.39. The lowest BCUT2D eigenvalue weighted by atomic mass is 10.2. The summed E-state index contributed by atoms with van der Waals surface area (Å²) in [6, 6.07) is 7.23. The van der Waals surface area contributed by atoms with Crippen molar-refractivity contribution in [2.24, 2.45) is 0 Å². The fourth-order valence-electron chi connectivity index (χ4n) is 3.61. The first-order valence-electron chi connectivity index (χ1n) is 10.5. The first-order valence-corrected chi connectivity index (χ1v) is 12.1. The maximum absolute atomic E-state index is 13.5. The van der Waals surface area contributed by atoms with Crippen molar-refractivity contribution in [3.63, 3.8) is 0 Å². The van der Waals surface area contributed by atoms with Gasteiger partial charge < -0.3 is 10.2 Å². The maximum atomic E-state index is 13.5. The van der Waals surface area contributed by atoms with Crippen molar-refractivity contribution in [1.29, 1.82) is 5.26 Å². The number of carbonyl (C=O) groups excluding carboxylic acids is 2. The third-order valence-electron chi connectivity index (χ3n) is 5.56. The SMILES string of the molecule is N#C[C@@H]1CC(F)(F)CN1C(=O)CNC(=O)c1cnn(Cc2ccc(NS(=O)(=O)C3CC3)cc2)c1. The molecule has 1 aliphatic heterocycles. The normalized spacial score (nSPS) is 19.4. The number of amides is 2. The van der Waals surface area contributed by atoms with Gasteiger partial charge in [-0.2, -0.15) is 10.4 Å². The van der Waals surface area contributed by atoms with Crippen LogP contribution in [0.2, 0.25) is 0 Å². The molecule has 0 unspecified atom stereocenters. The number of benzene rings is 1. The summed E-state index contributed by atoms with van der Waals surface area (Å²) >= 11 is 0. The lowest BCUT2D eigenvalue weighted by molar-refractivity contribution is -0.131. The van der Waals surface area contributed by atoms with Crippen LogP contribution in [-0.2, 0) is 21.4 Å². The van der Waals surface area contributed by atoms with E-state index in [0.29, 0.717) is 25.1 Å². The zero-order chi connectivity index (χ0) is 24.5. The molecule has 1 aromatic heterocycles. The molecular formula is C21H22F2N6O4S. The van der Waals surface area contributed by atoms with Gasteiger partial charge in [-0.3, -0.25) is 19.0 Å². The molecule has 1 aliphatic carbocycles. The summed E-state index contributed by atoms with van der Waals surface area (Å²) in [5.74, 6) is -4.49. The van der Waals surface area contributed by atoms with Gasteiger partial charge in [0.1, 0.15) is 6.04 Å². The van der Waals surface area contributed by atoms with E-state index < -0.39 is 53.3 Å². The van der Waals surface area contributed by atoms with E-state index in [2.05, 4.69) is 15.1 Å². The number of carbonyl (C=O) groups is 2. The summed E-state index contributed by atoms with van der Waals surface area (Å²) in [5.41, 5.74) is 1.46. The van der Waals surface area contributed by atoms with Crippen molar-refractivity contribution in [3.8, 4) is 6.07 Å². The Hall–Kier alpha value is -3.53. The molecule has 0 spiro atoms. The van der Waals surface area contributed by atoms with Gasteiger partial charge in [0.2, 0.25) is 15.9 Å². The Bertz CT molecular complexity index is 1230. The Morgan fingerprint density at radius 3 is 2.59 bits per heavy atom. The summed E-state index contributed by atoms with van der Waals surface area (Å²) in [7, 11) is -3.34. The van der Waals surface area contributed by atoms with Gasteiger partial charge in [0.15, 0.2) is 0 Å². The standard InChI is InChI=1S/C21H22F2N6O4S/c22-21(23)7-17(8-24)29(13-21)19(30)10-25-20(31)15-9-26-28(12-15)11-14-1-3-16(4-2-14)27-34(32,33)18-5-6-18/h1-4,9,12,17-18,27H,5-7,10-11,13H2,(H,25,31)/t17-/m0/s1. The van der Waals surface area contributed by atoms with E-state index in [1.165, 1.54) is 17.1 Å². The molecule has 2 aliphatic rings. The smallest absolute Gasteiger partial charge is 0.268 e. The minimum absolute atomic E-state index is 0.171. The number of alkyl halides is 2. The zero-order valence-electron chi connectivity index (χ0n) is 17.9. The molecule has 34 heavy (non-hydrogen) atoms. The van der Waals surface area contributed by atoms with E-state index in [9.17, 15) is 26.8 Å². The number of nitrogens with one attached hydrogen (secondary N) is 2. The highest BCUT2D eigenvalue weighted by molar-refractivity contribution is 7.93. The van der Waals surface area contributed by atoms with Gasteiger partial charge in [0, 0.05) is 18.3 Å². The van der Waals surface area contributed by atoms with Gasteiger partial charge in [-0.15, -0.1) is 0 Å². The first kappa shape index (κ1) is 23.6. The lowest BCUT2D eigenvalue weighted by Crippen LogP contribution is -2.42. The van der Waals surface area contributed by atoms with Crippen LogP contribution < -0.4 is 10.0 Å². The van der Waals surface area contributed by atoms with Crippen molar-refractivity contribution < 1.29 is 26.8 Å². The monoisotopic (exact) mass is 492 g/mol. The molecule has 1 aromatic carbocycles. The number of halogens is 2. The predicted octanol–water partition coefficient (Wildman–Crippen LogP) is 1.33. The Balaban J connectivity index is 1.29. The molecule has 2 heterocycles. The highest BCUT2D eigenvalue weighted by Crippen LogP contribution is 2.31. The van der Waals surface area contributed by atoms with Gasteiger partial charge >= 0.3 is 0 Å². The van der Waals surface area contributed by atoms with Gasteiger partial charge in [0.25, 0.3) is 11.8 Å². The molecule has 2 fully saturated rings. The van der Waals surface area contributed by atoms with Crippen LogP contribution in [0.25, 0.3) is 0 Å². The summed E-state index contributed by atoms with van der Waals surface area (Å²) in [4.78, 5) is 25.3. The number of hydrogen-bond acceptors (Lipinski definition) is 6. The number of hydrogen-bond donors (Lipinski definition) is 2. The van der Waals surface area contributed by atoms with Gasteiger partial charge in [-0.25, -0.2) is 17.2 Å². The molecule has 1 saturated carbocycles. The average Bonchev–Trinajstić information content (AvgIpc) is 3.48. The largest absolute Gasteiger partial charge is 0.343 e. The van der Waals surface area contributed by atoms with Crippen molar-refractivity contribution in [2.75, 3.05) is 17.8 Å². The summed E-state index contributed by atoms with van der Waals surface area (Å²) in [6.45, 7) is -1.05. The minimum atomic E-state index is -3.34. The topological polar surface area (TPSA) is 137 Å². The van der Waals surface area contributed by atoms with E-state index >= 15 is 0 Å². The van der Waals surface area contributed by atoms with Crippen molar-refractivity contribution in [3.05, 3.63) is 47.8 Å². The third-order valence-corrected chi connectivity index (χ3v) is 7.43. The fourth-order valence-corrected chi connectivity index (χ4v) is 5.00. The average molecular weight is 493 g/mol. The quantitative estimate of drug-likeness (QED) is 0.570. The van der Waals surface area contributed by atoms with Gasteiger partial charge in [-0.05, 0) is 30.5 Å². The van der Waals surface area contributed by atoms with Crippen LogP contribution in [-0.4, -0.2) is 65.2 Å². The van der Waals surface area contributed by atoms with Crippen LogP contribution in [0.15, 0.2) is 36.7 Å². The Kier molecular flexibility index (Phi) is 6.26. The second-order valence-corrected chi connectivity index (χ2v) is 10.3. The second kappa shape index (κ2) is 9.02. The molecular weight excluding hydrogens is 470 g/mol. The molecule has 0 radical (unpaired) electrons. The van der Waals surface area contributed by atoms with Crippen LogP contribution >= 0.6 is 0 Å². The van der Waals surface area contributed by atoms with Crippen LogP contribution in [0.1, 0.15) is 35.2 Å². The molecule has 1 atom stereocenters. The Morgan fingerprint density at radius 1 is 1.24 bits per heavy atom. The number of sulfonamides is 1. The molecule has 2 N–H and O–H groups in total. The highest BCUT2D eigenvalue weighted by atomic mass is 32.2. The van der Waals surface area contributed by atoms with Gasteiger partial charge in [-0.1, -0.05) is 12.1 Å². The number of nitrogens with zero attached hydrogens (tertiary/aromatic N) is 4. The predicted molar refractivity (Wildman–Crippen MR) is 116 cm³/mol. The zero-order valence-corrected chi connectivity index (χ0v) is 18.8. The van der Waals surface area contributed by atoms with Crippen molar-refractivity contribution >= 4 is 27.5 Å². The van der Waals surface area contributed by atoms with Crippen LogP contribution in [0.5, 0.6) is 0 Å². The molecule has 2 aromatic rings. The Morgan fingerprint density at radius 2 is 1.94 bits per heavy atom. The first-order chi connectivity index (χ1) is 16.1. The number of rotatable bonds is 8. The highest BCUT2D eigenvalue weighted by Gasteiger charge is 2.47.